The highest BCUT2D eigenvalue weighted by Gasteiger charge is 2.18. The highest BCUT2D eigenvalue weighted by molar-refractivity contribution is 9.13. The number of hydrogen-bond acceptors (Lipinski definition) is 3. The molecule has 0 saturated carbocycles. The Balaban J connectivity index is 1.93. The van der Waals surface area contributed by atoms with Gasteiger partial charge in [-0.2, -0.15) is 0 Å². The van der Waals surface area contributed by atoms with Crippen LogP contribution in [0.15, 0.2) is 14.3 Å². The van der Waals surface area contributed by atoms with Crippen molar-refractivity contribution in [3.63, 3.8) is 0 Å². The van der Waals surface area contributed by atoms with Gasteiger partial charge >= 0.3 is 0 Å². The van der Waals surface area contributed by atoms with Crippen molar-refractivity contribution in [2.75, 3.05) is 20.1 Å². The summed E-state index contributed by atoms with van der Waals surface area (Å²) in [5.74, 6) is 0. The molecule has 0 amide bonds. The van der Waals surface area contributed by atoms with E-state index < -0.39 is 0 Å². The molecule has 1 atom stereocenters. The summed E-state index contributed by atoms with van der Waals surface area (Å²) in [6, 6.07) is 2.90. The van der Waals surface area contributed by atoms with Gasteiger partial charge in [0, 0.05) is 28.5 Å². The molecule has 1 aromatic rings. The summed E-state index contributed by atoms with van der Waals surface area (Å²) in [5.41, 5.74) is 0. The molecule has 0 spiro atoms. The summed E-state index contributed by atoms with van der Waals surface area (Å²) in [5, 5.41) is 3.46. The van der Waals surface area contributed by atoms with E-state index in [0.29, 0.717) is 6.04 Å². The van der Waals surface area contributed by atoms with Crippen LogP contribution in [0.5, 0.6) is 0 Å². The molecule has 1 N–H and O–H groups in total. The highest BCUT2D eigenvalue weighted by atomic mass is 79.9. The normalized spacial score (nSPS) is 21.6. The van der Waals surface area contributed by atoms with E-state index >= 15 is 0 Å². The van der Waals surface area contributed by atoms with Crippen molar-refractivity contribution >= 4 is 43.2 Å². The van der Waals surface area contributed by atoms with Crippen molar-refractivity contribution in [1.29, 1.82) is 0 Å². The van der Waals surface area contributed by atoms with E-state index in [2.05, 4.69) is 55.2 Å². The van der Waals surface area contributed by atoms with Gasteiger partial charge in [-0.3, -0.25) is 4.90 Å². The molecule has 2 rings (SSSR count). The van der Waals surface area contributed by atoms with E-state index in [0.717, 1.165) is 13.1 Å². The molecule has 1 aliphatic rings. The van der Waals surface area contributed by atoms with Gasteiger partial charge in [0.2, 0.25) is 0 Å². The van der Waals surface area contributed by atoms with Crippen LogP contribution in [0.1, 0.15) is 17.7 Å². The maximum absolute atomic E-state index is 3.54. The standard InChI is InChI=1S/C11H16Br2N2S/c1-15(8-3-2-4-14-6-8)7-9-5-10(12)11(13)16-9/h5,8,14H,2-4,6-7H2,1H3. The predicted octanol–water partition coefficient (Wildman–Crippen LogP) is 3.46. The SMILES string of the molecule is CN(Cc1cc(Br)c(Br)s1)C1CCCNC1. The molecule has 1 unspecified atom stereocenters. The average Bonchev–Trinajstić information content (AvgIpc) is 2.59. The number of hydrogen-bond donors (Lipinski definition) is 1. The Morgan fingerprint density at radius 3 is 2.94 bits per heavy atom. The summed E-state index contributed by atoms with van der Waals surface area (Å²) >= 11 is 8.89. The lowest BCUT2D eigenvalue weighted by molar-refractivity contribution is 0.197. The van der Waals surface area contributed by atoms with Gasteiger partial charge in [0.15, 0.2) is 0 Å². The van der Waals surface area contributed by atoms with Crippen molar-refractivity contribution in [1.82, 2.24) is 10.2 Å². The minimum atomic E-state index is 0.688. The largest absolute Gasteiger partial charge is 0.315 e. The van der Waals surface area contributed by atoms with Gasteiger partial charge in [0.1, 0.15) is 0 Å². The van der Waals surface area contributed by atoms with Crippen molar-refractivity contribution in [2.24, 2.45) is 0 Å². The van der Waals surface area contributed by atoms with Gasteiger partial charge < -0.3 is 5.32 Å². The molecule has 0 radical (unpaired) electrons. The molecule has 0 aliphatic carbocycles. The fraction of sp³-hybridized carbons (Fsp3) is 0.636. The summed E-state index contributed by atoms with van der Waals surface area (Å²) in [6.07, 6.45) is 2.62. The van der Waals surface area contributed by atoms with Gasteiger partial charge in [0.05, 0.1) is 3.79 Å². The average molecular weight is 368 g/mol. The number of piperidine rings is 1. The molecule has 1 saturated heterocycles. The third-order valence-electron chi connectivity index (χ3n) is 3.00. The Bertz CT molecular complexity index is 328. The van der Waals surface area contributed by atoms with Gasteiger partial charge in [0.25, 0.3) is 0 Å². The third kappa shape index (κ3) is 3.29. The zero-order valence-electron chi connectivity index (χ0n) is 9.30. The van der Waals surface area contributed by atoms with E-state index in [4.69, 9.17) is 0 Å². The lowest BCUT2D eigenvalue weighted by Crippen LogP contribution is -2.43. The van der Waals surface area contributed by atoms with Crippen LogP contribution in [0, 0.1) is 0 Å². The summed E-state index contributed by atoms with van der Waals surface area (Å²) in [4.78, 5) is 3.86. The zero-order valence-corrected chi connectivity index (χ0v) is 13.3. The number of halogens is 2. The molecule has 1 aliphatic heterocycles. The topological polar surface area (TPSA) is 15.3 Å². The molecule has 1 fully saturated rings. The molecule has 5 heteroatoms. The lowest BCUT2D eigenvalue weighted by atomic mass is 10.1. The van der Waals surface area contributed by atoms with Gasteiger partial charge in [-0.05, 0) is 64.4 Å². The number of rotatable bonds is 3. The Kier molecular flexibility index (Phi) is 4.85. The number of nitrogens with one attached hydrogen (secondary N) is 1. The molecule has 90 valence electrons. The van der Waals surface area contributed by atoms with Gasteiger partial charge in [-0.25, -0.2) is 0 Å². The monoisotopic (exact) mass is 366 g/mol. The molecule has 0 aromatic carbocycles. The van der Waals surface area contributed by atoms with E-state index in [1.165, 1.54) is 32.5 Å². The number of thiophene rings is 1. The number of nitrogens with zero attached hydrogens (tertiary/aromatic N) is 1. The van der Waals surface area contributed by atoms with Crippen LogP contribution in [0.25, 0.3) is 0 Å². The predicted molar refractivity (Wildman–Crippen MR) is 77.1 cm³/mol. The molecular formula is C11H16Br2N2S. The Labute approximate surface area is 118 Å². The maximum atomic E-state index is 3.54. The van der Waals surface area contributed by atoms with E-state index in [-0.39, 0.29) is 0 Å². The van der Waals surface area contributed by atoms with Gasteiger partial charge in [-0.1, -0.05) is 0 Å². The lowest BCUT2D eigenvalue weighted by Gasteiger charge is -2.31. The Morgan fingerprint density at radius 2 is 2.38 bits per heavy atom. The summed E-state index contributed by atoms with van der Waals surface area (Å²) in [7, 11) is 2.22. The van der Waals surface area contributed by atoms with Crippen LogP contribution < -0.4 is 5.32 Å². The molecule has 16 heavy (non-hydrogen) atoms. The van der Waals surface area contributed by atoms with Crippen LogP contribution in [0.3, 0.4) is 0 Å². The second-order valence-electron chi connectivity index (χ2n) is 4.25. The molecule has 1 aromatic heterocycles. The molecule has 2 heterocycles. The minimum absolute atomic E-state index is 0.688. The van der Waals surface area contributed by atoms with Crippen molar-refractivity contribution in [3.8, 4) is 0 Å². The molecule has 0 bridgehead atoms. The number of likely N-dealkylation sites (N-methyl/N-ethyl adjacent to an activating group) is 1. The summed E-state index contributed by atoms with van der Waals surface area (Å²) < 4.78 is 2.36. The summed E-state index contributed by atoms with van der Waals surface area (Å²) in [6.45, 7) is 3.35. The van der Waals surface area contributed by atoms with Crippen molar-refractivity contribution in [2.45, 2.75) is 25.4 Å². The fourth-order valence-electron chi connectivity index (χ4n) is 2.05. The molecule has 2 nitrogen and oxygen atoms in total. The second kappa shape index (κ2) is 5.96. The van der Waals surface area contributed by atoms with Crippen molar-refractivity contribution < 1.29 is 0 Å². The Hall–Kier alpha value is 0.580. The maximum Gasteiger partial charge on any atom is 0.0843 e. The first-order valence-corrected chi connectivity index (χ1v) is 7.91. The van der Waals surface area contributed by atoms with Crippen LogP contribution in [0.4, 0.5) is 0 Å². The highest BCUT2D eigenvalue weighted by Crippen LogP contribution is 2.33. The van der Waals surface area contributed by atoms with Crippen LogP contribution >= 0.6 is 43.2 Å². The van der Waals surface area contributed by atoms with Crippen molar-refractivity contribution in [3.05, 3.63) is 19.2 Å². The first-order chi connectivity index (χ1) is 7.66. The fourth-order valence-corrected chi connectivity index (χ4v) is 4.29. The smallest absolute Gasteiger partial charge is 0.0843 e. The van der Waals surface area contributed by atoms with Gasteiger partial charge in [-0.15, -0.1) is 11.3 Å². The zero-order chi connectivity index (χ0) is 11.5. The van der Waals surface area contributed by atoms with Crippen LogP contribution in [-0.2, 0) is 6.54 Å². The first-order valence-electron chi connectivity index (χ1n) is 5.51. The quantitative estimate of drug-likeness (QED) is 0.879. The third-order valence-corrected chi connectivity index (χ3v) is 6.24. The van der Waals surface area contributed by atoms with Crippen LogP contribution in [0.2, 0.25) is 0 Å². The second-order valence-corrected chi connectivity index (χ2v) is 7.56. The minimum Gasteiger partial charge on any atom is -0.315 e. The Morgan fingerprint density at radius 1 is 1.56 bits per heavy atom. The first kappa shape index (κ1) is 13.0. The van der Waals surface area contributed by atoms with E-state index in [1.54, 1.807) is 0 Å². The van der Waals surface area contributed by atoms with Crippen LogP contribution in [-0.4, -0.2) is 31.1 Å². The van der Waals surface area contributed by atoms with E-state index in [1.807, 2.05) is 11.3 Å². The van der Waals surface area contributed by atoms with E-state index in [9.17, 15) is 0 Å². The molecular weight excluding hydrogens is 352 g/mol.